The number of ketones is 1. The Hall–Kier alpha value is -1.11. The minimum atomic E-state index is 0.160. The highest BCUT2D eigenvalue weighted by atomic mass is 16.1. The van der Waals surface area contributed by atoms with Crippen LogP contribution in [-0.4, -0.2) is 5.78 Å². The molecule has 1 aliphatic carbocycles. The van der Waals surface area contributed by atoms with E-state index in [1.165, 1.54) is 31.2 Å². The van der Waals surface area contributed by atoms with Crippen molar-refractivity contribution >= 4 is 5.78 Å². The van der Waals surface area contributed by atoms with E-state index in [-0.39, 0.29) is 5.41 Å². The van der Waals surface area contributed by atoms with Gasteiger partial charge in [0, 0.05) is 11.8 Å². The number of rotatable bonds is 3. The monoisotopic (exact) mass is 202 g/mol. The molecule has 1 aromatic rings. The predicted molar refractivity (Wildman–Crippen MR) is 61.9 cm³/mol. The quantitative estimate of drug-likeness (QED) is 0.733. The van der Waals surface area contributed by atoms with E-state index in [2.05, 4.69) is 24.3 Å². The second-order valence-electron chi connectivity index (χ2n) is 4.73. The number of benzene rings is 1. The molecule has 0 unspecified atom stereocenters. The third-order valence-corrected chi connectivity index (χ3v) is 3.53. The number of hydrogen-bond donors (Lipinski definition) is 0. The van der Waals surface area contributed by atoms with Crippen molar-refractivity contribution in [3.05, 3.63) is 35.9 Å². The molecule has 80 valence electrons. The normalized spacial score (nSPS) is 19.0. The van der Waals surface area contributed by atoms with Gasteiger partial charge < -0.3 is 0 Å². The van der Waals surface area contributed by atoms with E-state index >= 15 is 0 Å². The van der Waals surface area contributed by atoms with Crippen LogP contribution < -0.4 is 0 Å². The van der Waals surface area contributed by atoms with Gasteiger partial charge in [0.15, 0.2) is 0 Å². The molecule has 0 saturated heterocycles. The maximum absolute atomic E-state index is 11.4. The zero-order valence-corrected chi connectivity index (χ0v) is 9.33. The lowest BCUT2D eigenvalue weighted by Crippen LogP contribution is -2.24. The fraction of sp³-hybridized carbons (Fsp3) is 0.500. The lowest BCUT2D eigenvalue weighted by Gasteiger charge is -2.28. The van der Waals surface area contributed by atoms with Crippen molar-refractivity contribution in [1.29, 1.82) is 0 Å². The Labute approximate surface area is 91.5 Å². The first-order valence-electron chi connectivity index (χ1n) is 5.78. The number of hydrogen-bond acceptors (Lipinski definition) is 1. The first-order valence-corrected chi connectivity index (χ1v) is 5.78. The zero-order valence-electron chi connectivity index (χ0n) is 9.33. The van der Waals surface area contributed by atoms with Crippen LogP contribution >= 0.6 is 0 Å². The Morgan fingerprint density at radius 3 is 2.33 bits per heavy atom. The second kappa shape index (κ2) is 4.18. The van der Waals surface area contributed by atoms with Crippen LogP contribution in [0.5, 0.6) is 0 Å². The van der Waals surface area contributed by atoms with Gasteiger partial charge in [-0.25, -0.2) is 0 Å². The van der Waals surface area contributed by atoms with Crippen molar-refractivity contribution < 1.29 is 4.79 Å². The Morgan fingerprint density at radius 1 is 1.20 bits per heavy atom. The van der Waals surface area contributed by atoms with Crippen LogP contribution in [0.1, 0.15) is 44.6 Å². The second-order valence-corrected chi connectivity index (χ2v) is 4.73. The van der Waals surface area contributed by atoms with Gasteiger partial charge in [-0.1, -0.05) is 43.2 Å². The van der Waals surface area contributed by atoms with Crippen molar-refractivity contribution in [2.45, 2.75) is 44.4 Å². The molecule has 0 N–H and O–H groups in total. The fourth-order valence-corrected chi connectivity index (χ4v) is 2.89. The number of Topliss-reactive ketones (excluding diaryl/α,β-unsaturated/α-hetero) is 1. The fourth-order valence-electron chi connectivity index (χ4n) is 2.89. The summed E-state index contributed by atoms with van der Waals surface area (Å²) in [6, 6.07) is 10.5. The zero-order chi connectivity index (χ0) is 10.7. The van der Waals surface area contributed by atoms with E-state index in [1.807, 2.05) is 6.07 Å². The average Bonchev–Trinajstić information content (AvgIpc) is 2.68. The maximum atomic E-state index is 11.4. The minimum absolute atomic E-state index is 0.160. The first kappa shape index (κ1) is 10.4. The lowest BCUT2D eigenvalue weighted by molar-refractivity contribution is -0.118. The highest BCUT2D eigenvalue weighted by molar-refractivity contribution is 5.77. The molecule has 1 heteroatoms. The molecule has 1 fully saturated rings. The molecule has 0 bridgehead atoms. The Kier molecular flexibility index (Phi) is 2.90. The van der Waals surface area contributed by atoms with Crippen molar-refractivity contribution in [3.63, 3.8) is 0 Å². The third-order valence-electron chi connectivity index (χ3n) is 3.53. The summed E-state index contributed by atoms with van der Waals surface area (Å²) >= 11 is 0. The van der Waals surface area contributed by atoms with Crippen LogP contribution in [0.3, 0.4) is 0 Å². The van der Waals surface area contributed by atoms with E-state index in [0.29, 0.717) is 5.78 Å². The van der Waals surface area contributed by atoms with Crippen molar-refractivity contribution in [2.24, 2.45) is 0 Å². The minimum Gasteiger partial charge on any atom is -0.300 e. The Balaban J connectivity index is 2.30. The summed E-state index contributed by atoms with van der Waals surface area (Å²) in [4.78, 5) is 11.4. The van der Waals surface area contributed by atoms with Gasteiger partial charge in [-0.15, -0.1) is 0 Å². The lowest BCUT2D eigenvalue weighted by atomic mass is 9.75. The smallest absolute Gasteiger partial charge is 0.130 e. The molecule has 1 saturated carbocycles. The van der Waals surface area contributed by atoms with Crippen molar-refractivity contribution in [3.8, 4) is 0 Å². The van der Waals surface area contributed by atoms with Gasteiger partial charge in [-0.2, -0.15) is 0 Å². The Bertz CT molecular complexity index is 334. The van der Waals surface area contributed by atoms with E-state index in [9.17, 15) is 4.79 Å². The van der Waals surface area contributed by atoms with Crippen LogP contribution in [0.4, 0.5) is 0 Å². The molecule has 0 spiro atoms. The number of carbonyl (C=O) groups excluding carboxylic acids is 1. The molecular formula is C14H18O. The molecule has 0 atom stereocenters. The maximum Gasteiger partial charge on any atom is 0.130 e. The standard InChI is InChI=1S/C14H18O/c1-12(15)11-14(9-5-6-10-14)13-7-3-2-4-8-13/h2-4,7-8H,5-6,9-11H2,1H3. The van der Waals surface area contributed by atoms with Gasteiger partial charge in [0.05, 0.1) is 0 Å². The molecule has 15 heavy (non-hydrogen) atoms. The van der Waals surface area contributed by atoms with Crippen LogP contribution in [0.15, 0.2) is 30.3 Å². The SMILES string of the molecule is CC(=O)CC1(c2ccccc2)CCCC1. The van der Waals surface area contributed by atoms with Crippen molar-refractivity contribution in [1.82, 2.24) is 0 Å². The van der Waals surface area contributed by atoms with E-state index in [0.717, 1.165) is 6.42 Å². The Morgan fingerprint density at radius 2 is 1.80 bits per heavy atom. The summed E-state index contributed by atoms with van der Waals surface area (Å²) in [5, 5.41) is 0. The summed E-state index contributed by atoms with van der Waals surface area (Å²) in [6.07, 6.45) is 5.61. The molecule has 1 nitrogen and oxygen atoms in total. The van der Waals surface area contributed by atoms with Crippen LogP contribution in [-0.2, 0) is 10.2 Å². The average molecular weight is 202 g/mol. The van der Waals surface area contributed by atoms with Crippen LogP contribution in [0.25, 0.3) is 0 Å². The van der Waals surface area contributed by atoms with Gasteiger partial charge in [0.1, 0.15) is 5.78 Å². The van der Waals surface area contributed by atoms with Crippen LogP contribution in [0.2, 0.25) is 0 Å². The molecule has 2 rings (SSSR count). The molecule has 0 aromatic heterocycles. The van der Waals surface area contributed by atoms with Gasteiger partial charge in [-0.05, 0) is 25.3 Å². The molecule has 0 amide bonds. The highest BCUT2D eigenvalue weighted by Gasteiger charge is 2.36. The molecule has 1 aliphatic rings. The highest BCUT2D eigenvalue weighted by Crippen LogP contribution is 2.43. The summed E-state index contributed by atoms with van der Waals surface area (Å²) in [6.45, 7) is 1.71. The molecule has 0 radical (unpaired) electrons. The van der Waals surface area contributed by atoms with Gasteiger partial charge >= 0.3 is 0 Å². The molecule has 0 heterocycles. The summed E-state index contributed by atoms with van der Waals surface area (Å²) in [5.74, 6) is 0.320. The first-order chi connectivity index (χ1) is 7.23. The predicted octanol–water partition coefficient (Wildman–Crippen LogP) is 3.48. The molecule has 1 aromatic carbocycles. The van der Waals surface area contributed by atoms with Gasteiger partial charge in [0.25, 0.3) is 0 Å². The summed E-state index contributed by atoms with van der Waals surface area (Å²) < 4.78 is 0. The van der Waals surface area contributed by atoms with E-state index < -0.39 is 0 Å². The third kappa shape index (κ3) is 2.11. The largest absolute Gasteiger partial charge is 0.300 e. The molecule has 0 aliphatic heterocycles. The van der Waals surface area contributed by atoms with E-state index in [4.69, 9.17) is 0 Å². The topological polar surface area (TPSA) is 17.1 Å². The van der Waals surface area contributed by atoms with Gasteiger partial charge in [0.2, 0.25) is 0 Å². The van der Waals surface area contributed by atoms with Crippen molar-refractivity contribution in [2.75, 3.05) is 0 Å². The van der Waals surface area contributed by atoms with E-state index in [1.54, 1.807) is 6.92 Å². The summed E-state index contributed by atoms with van der Waals surface area (Å²) in [5.41, 5.74) is 1.52. The number of carbonyl (C=O) groups is 1. The molecular weight excluding hydrogens is 184 g/mol. The van der Waals surface area contributed by atoms with Crippen LogP contribution in [0, 0.1) is 0 Å². The summed E-state index contributed by atoms with van der Waals surface area (Å²) in [7, 11) is 0. The van der Waals surface area contributed by atoms with Gasteiger partial charge in [-0.3, -0.25) is 4.79 Å².